The van der Waals surface area contributed by atoms with Gasteiger partial charge in [0.25, 0.3) is 10.0 Å². The van der Waals surface area contributed by atoms with E-state index in [0.29, 0.717) is 38.3 Å². The summed E-state index contributed by atoms with van der Waals surface area (Å²) in [5.74, 6) is 1.32. The molecule has 0 radical (unpaired) electrons. The van der Waals surface area contributed by atoms with E-state index in [2.05, 4.69) is 4.90 Å². The molecule has 0 spiro atoms. The van der Waals surface area contributed by atoms with Gasteiger partial charge >= 0.3 is 0 Å². The molecule has 0 bridgehead atoms. The van der Waals surface area contributed by atoms with Crippen LogP contribution in [0.5, 0.6) is 11.5 Å². The van der Waals surface area contributed by atoms with Crippen LogP contribution < -0.4 is 13.8 Å². The number of nitrogens with zero attached hydrogens (tertiary/aromatic N) is 3. The number of anilines is 1. The summed E-state index contributed by atoms with van der Waals surface area (Å²) in [6.45, 7) is 5.23. The van der Waals surface area contributed by atoms with Crippen LogP contribution in [-0.4, -0.2) is 63.6 Å². The quantitative estimate of drug-likeness (QED) is 0.451. The first-order valence-electron chi connectivity index (χ1n) is 12.5. The lowest BCUT2D eigenvalue weighted by molar-refractivity contribution is -0.131. The van der Waals surface area contributed by atoms with Crippen molar-refractivity contribution >= 4 is 21.6 Å². The van der Waals surface area contributed by atoms with Crippen LogP contribution in [0.25, 0.3) is 0 Å². The Labute approximate surface area is 218 Å². The second kappa shape index (κ2) is 10.8. The highest BCUT2D eigenvalue weighted by atomic mass is 32.2. The Balaban J connectivity index is 1.29. The number of sulfonamides is 1. The Morgan fingerprint density at radius 1 is 0.892 bits per heavy atom. The number of hydrogen-bond donors (Lipinski definition) is 0. The Bertz CT molecular complexity index is 1360. The number of rotatable bonds is 8. The number of carbonyl (C=O) groups is 1. The summed E-state index contributed by atoms with van der Waals surface area (Å²) in [5, 5.41) is 0. The van der Waals surface area contributed by atoms with E-state index in [1.807, 2.05) is 37.3 Å². The normalized spacial score (nSPS) is 15.5. The Hall–Kier alpha value is -3.56. The van der Waals surface area contributed by atoms with Gasteiger partial charge in [0.15, 0.2) is 11.5 Å². The van der Waals surface area contributed by atoms with Crippen LogP contribution in [0.15, 0.2) is 77.7 Å². The first kappa shape index (κ1) is 25.1. The minimum Gasteiger partial charge on any atom is -0.454 e. The van der Waals surface area contributed by atoms with Gasteiger partial charge in [0.05, 0.1) is 10.6 Å². The summed E-state index contributed by atoms with van der Waals surface area (Å²) in [7, 11) is -3.92. The molecule has 1 fully saturated rings. The molecule has 2 aliphatic rings. The molecule has 2 aliphatic heterocycles. The highest BCUT2D eigenvalue weighted by molar-refractivity contribution is 7.92. The second-order valence-electron chi connectivity index (χ2n) is 9.15. The molecule has 37 heavy (non-hydrogen) atoms. The lowest BCUT2D eigenvalue weighted by Gasteiger charge is -2.36. The Morgan fingerprint density at radius 3 is 2.35 bits per heavy atom. The first-order chi connectivity index (χ1) is 18.0. The van der Waals surface area contributed by atoms with Crippen LogP contribution in [0.1, 0.15) is 18.1 Å². The molecule has 3 aromatic rings. The van der Waals surface area contributed by atoms with Crippen LogP contribution in [0.2, 0.25) is 0 Å². The summed E-state index contributed by atoms with van der Waals surface area (Å²) in [6, 6.07) is 21.6. The van der Waals surface area contributed by atoms with Gasteiger partial charge < -0.3 is 14.4 Å². The predicted molar refractivity (Wildman–Crippen MR) is 141 cm³/mol. The summed E-state index contributed by atoms with van der Waals surface area (Å²) in [5.41, 5.74) is 2.55. The van der Waals surface area contributed by atoms with Crippen molar-refractivity contribution in [2.45, 2.75) is 24.8 Å². The molecular formula is C28H31N3O5S. The molecule has 194 valence electrons. The minimum absolute atomic E-state index is 0.169. The molecule has 2 heterocycles. The molecular weight excluding hydrogens is 490 g/mol. The summed E-state index contributed by atoms with van der Waals surface area (Å²) >= 11 is 0. The maximum atomic E-state index is 13.7. The van der Waals surface area contributed by atoms with Crippen molar-refractivity contribution in [3.05, 3.63) is 83.9 Å². The zero-order chi connectivity index (χ0) is 25.8. The number of para-hydroxylation sites is 1. The lowest BCUT2D eigenvalue weighted by atomic mass is 10.1. The molecule has 0 unspecified atom stereocenters. The van der Waals surface area contributed by atoms with Crippen LogP contribution in [-0.2, 0) is 27.8 Å². The van der Waals surface area contributed by atoms with Crippen molar-refractivity contribution in [2.24, 2.45) is 0 Å². The monoisotopic (exact) mass is 521 g/mol. The molecule has 9 heteroatoms. The van der Waals surface area contributed by atoms with Gasteiger partial charge in [0.2, 0.25) is 12.7 Å². The molecule has 1 saturated heterocycles. The standard InChI is InChI=1S/C28H31N3O5S/c1-2-23-8-6-7-11-25(23)31(37(33,34)24-9-4-3-5-10-24)20-28(32)30-16-14-29(15-17-30)19-22-12-13-26-27(18-22)36-21-35-26/h3-13,18H,2,14-17,19-21H2,1H3. The van der Waals surface area contributed by atoms with Crippen molar-refractivity contribution in [3.8, 4) is 11.5 Å². The minimum atomic E-state index is -3.92. The van der Waals surface area contributed by atoms with Gasteiger partial charge in [-0.25, -0.2) is 8.42 Å². The summed E-state index contributed by atoms with van der Waals surface area (Å²) in [4.78, 5) is 17.6. The van der Waals surface area contributed by atoms with Crippen LogP contribution in [0, 0.1) is 0 Å². The third-order valence-corrected chi connectivity index (χ3v) is 8.59. The highest BCUT2D eigenvalue weighted by Crippen LogP contribution is 2.33. The maximum Gasteiger partial charge on any atom is 0.264 e. The third-order valence-electron chi connectivity index (χ3n) is 6.82. The molecule has 0 aliphatic carbocycles. The molecule has 5 rings (SSSR count). The maximum absolute atomic E-state index is 13.7. The van der Waals surface area contributed by atoms with Crippen LogP contribution in [0.3, 0.4) is 0 Å². The van der Waals surface area contributed by atoms with Gasteiger partial charge in [-0.3, -0.25) is 14.0 Å². The number of benzene rings is 3. The molecule has 0 atom stereocenters. The van der Waals surface area contributed by atoms with Crippen molar-refractivity contribution in [3.63, 3.8) is 0 Å². The van der Waals surface area contributed by atoms with E-state index < -0.39 is 10.0 Å². The number of fused-ring (bicyclic) bond motifs is 1. The molecule has 1 amide bonds. The largest absolute Gasteiger partial charge is 0.454 e. The second-order valence-corrected chi connectivity index (χ2v) is 11.0. The van der Waals surface area contributed by atoms with Gasteiger partial charge in [0.1, 0.15) is 6.54 Å². The number of hydrogen-bond acceptors (Lipinski definition) is 6. The van der Waals surface area contributed by atoms with E-state index in [1.165, 1.54) is 4.31 Å². The van der Waals surface area contributed by atoms with E-state index in [9.17, 15) is 13.2 Å². The van der Waals surface area contributed by atoms with E-state index in [-0.39, 0.29) is 24.1 Å². The number of piperazine rings is 1. The molecule has 8 nitrogen and oxygen atoms in total. The van der Waals surface area contributed by atoms with Crippen molar-refractivity contribution < 1.29 is 22.7 Å². The van der Waals surface area contributed by atoms with Crippen LogP contribution >= 0.6 is 0 Å². The molecule has 0 saturated carbocycles. The average Bonchev–Trinajstić information content (AvgIpc) is 3.40. The third kappa shape index (κ3) is 5.42. The Kier molecular flexibility index (Phi) is 7.34. The van der Waals surface area contributed by atoms with Crippen molar-refractivity contribution in [1.82, 2.24) is 9.80 Å². The topological polar surface area (TPSA) is 79.4 Å². The summed E-state index contributed by atoms with van der Waals surface area (Å²) < 4.78 is 39.5. The molecule has 3 aromatic carbocycles. The van der Waals surface area contributed by atoms with E-state index >= 15 is 0 Å². The van der Waals surface area contributed by atoms with Crippen molar-refractivity contribution in [2.75, 3.05) is 43.8 Å². The van der Waals surface area contributed by atoms with Crippen LogP contribution in [0.4, 0.5) is 5.69 Å². The number of ether oxygens (including phenoxy) is 2. The van der Waals surface area contributed by atoms with Gasteiger partial charge in [-0.15, -0.1) is 0 Å². The van der Waals surface area contributed by atoms with Crippen molar-refractivity contribution in [1.29, 1.82) is 0 Å². The summed E-state index contributed by atoms with van der Waals surface area (Å²) in [6.07, 6.45) is 0.656. The fourth-order valence-electron chi connectivity index (χ4n) is 4.75. The molecule has 0 aromatic heterocycles. The first-order valence-corrected chi connectivity index (χ1v) is 13.9. The van der Waals surface area contributed by atoms with E-state index in [0.717, 1.165) is 29.2 Å². The van der Waals surface area contributed by atoms with E-state index in [1.54, 1.807) is 47.4 Å². The van der Waals surface area contributed by atoms with E-state index in [4.69, 9.17) is 9.47 Å². The average molecular weight is 522 g/mol. The highest BCUT2D eigenvalue weighted by Gasteiger charge is 2.31. The fraction of sp³-hybridized carbons (Fsp3) is 0.321. The SMILES string of the molecule is CCc1ccccc1N(CC(=O)N1CCN(Cc2ccc3c(c2)OCO3)CC1)S(=O)(=O)c1ccccc1. The van der Waals surface area contributed by atoms with Gasteiger partial charge in [-0.1, -0.05) is 49.4 Å². The zero-order valence-corrected chi connectivity index (χ0v) is 21.7. The van der Waals surface area contributed by atoms with Gasteiger partial charge in [-0.05, 0) is 47.9 Å². The predicted octanol–water partition coefficient (Wildman–Crippen LogP) is 3.52. The lowest BCUT2D eigenvalue weighted by Crippen LogP contribution is -2.51. The molecule has 0 N–H and O–H groups in total. The smallest absolute Gasteiger partial charge is 0.264 e. The number of aryl methyl sites for hydroxylation is 1. The fourth-order valence-corrected chi connectivity index (χ4v) is 6.22. The zero-order valence-electron chi connectivity index (χ0n) is 20.9. The van der Waals surface area contributed by atoms with Gasteiger partial charge in [-0.2, -0.15) is 0 Å². The Morgan fingerprint density at radius 2 is 1.59 bits per heavy atom. The number of amides is 1. The number of carbonyl (C=O) groups excluding carboxylic acids is 1. The van der Waals surface area contributed by atoms with Gasteiger partial charge in [0, 0.05) is 32.7 Å².